The molecule has 0 bridgehead atoms. The normalized spacial score (nSPS) is 9.69. The van der Waals surface area contributed by atoms with Crippen molar-refractivity contribution in [1.29, 1.82) is 0 Å². The average Bonchev–Trinajstić information content (AvgIpc) is 2.16. The Hall–Kier alpha value is -1.37. The third-order valence-electron chi connectivity index (χ3n) is 2.18. The summed E-state index contributed by atoms with van der Waals surface area (Å²) in [4.78, 5) is 4.00. The van der Waals surface area contributed by atoms with Gasteiger partial charge in [0, 0.05) is 5.56 Å². The lowest BCUT2D eigenvalue weighted by atomic mass is 10.0. The molecule has 0 N–H and O–H groups in total. The summed E-state index contributed by atoms with van der Waals surface area (Å²) in [6.45, 7) is 11.5. The minimum absolute atomic E-state index is 0.951. The van der Waals surface area contributed by atoms with Crippen LogP contribution in [0.4, 0.5) is 5.69 Å². The summed E-state index contributed by atoms with van der Waals surface area (Å²) in [5, 5.41) is 0. The summed E-state index contributed by atoms with van der Waals surface area (Å²) in [6.07, 6.45) is 2.87. The highest BCUT2D eigenvalue weighted by molar-refractivity contribution is 5.69. The van der Waals surface area contributed by atoms with Crippen LogP contribution in [0.3, 0.4) is 0 Å². The Bertz CT molecular complexity index is 337. The van der Waals surface area contributed by atoms with Crippen LogP contribution < -0.4 is 0 Å². The van der Waals surface area contributed by atoms with Crippen LogP contribution in [-0.4, -0.2) is 6.72 Å². The Morgan fingerprint density at radius 3 is 2.62 bits per heavy atom. The highest BCUT2D eigenvalue weighted by Gasteiger charge is 2.02. The van der Waals surface area contributed by atoms with Crippen molar-refractivity contribution in [3.63, 3.8) is 0 Å². The van der Waals surface area contributed by atoms with E-state index in [2.05, 4.69) is 44.3 Å². The minimum atomic E-state index is 0.951. The molecule has 1 nitrogen and oxygen atoms in total. The molecule has 0 aromatic heterocycles. The van der Waals surface area contributed by atoms with Gasteiger partial charge >= 0.3 is 0 Å². The topological polar surface area (TPSA) is 12.4 Å². The lowest BCUT2D eigenvalue weighted by Crippen LogP contribution is -1.86. The number of hydrogen-bond donors (Lipinski definition) is 0. The average molecular weight is 173 g/mol. The molecule has 13 heavy (non-hydrogen) atoms. The van der Waals surface area contributed by atoms with Crippen LogP contribution >= 0.6 is 0 Å². The molecule has 1 rings (SSSR count). The molecule has 1 heteroatoms. The molecule has 0 aliphatic rings. The van der Waals surface area contributed by atoms with Crippen LogP contribution in [0.1, 0.15) is 23.6 Å². The summed E-state index contributed by atoms with van der Waals surface area (Å²) in [5.74, 6) is 0. The van der Waals surface area contributed by atoms with Gasteiger partial charge in [-0.3, -0.25) is 4.99 Å². The summed E-state index contributed by atoms with van der Waals surface area (Å²) in [7, 11) is 0. The maximum absolute atomic E-state index is 4.00. The number of rotatable bonds is 3. The first-order chi connectivity index (χ1) is 6.22. The Balaban J connectivity index is 3.36. The highest BCUT2D eigenvalue weighted by Crippen LogP contribution is 2.26. The van der Waals surface area contributed by atoms with E-state index >= 15 is 0 Å². The molecular weight excluding hydrogens is 158 g/mol. The van der Waals surface area contributed by atoms with E-state index in [0.717, 1.165) is 17.7 Å². The smallest absolute Gasteiger partial charge is 0.0723 e. The molecule has 0 radical (unpaired) electrons. The van der Waals surface area contributed by atoms with E-state index < -0.39 is 0 Å². The Morgan fingerprint density at radius 2 is 2.15 bits per heavy atom. The van der Waals surface area contributed by atoms with E-state index in [1.807, 2.05) is 6.08 Å². The number of aryl methyl sites for hydroxylation is 2. The second-order valence-corrected chi connectivity index (χ2v) is 3.07. The summed E-state index contributed by atoms with van der Waals surface area (Å²) in [5.41, 5.74) is 4.52. The van der Waals surface area contributed by atoms with E-state index in [4.69, 9.17) is 0 Å². The summed E-state index contributed by atoms with van der Waals surface area (Å²) in [6, 6.07) is 4.26. The first-order valence-electron chi connectivity index (χ1n) is 4.45. The van der Waals surface area contributed by atoms with E-state index in [0.29, 0.717) is 0 Å². The zero-order valence-corrected chi connectivity index (χ0v) is 8.30. The fourth-order valence-corrected chi connectivity index (χ4v) is 1.46. The van der Waals surface area contributed by atoms with Crippen molar-refractivity contribution in [2.75, 3.05) is 0 Å². The zero-order valence-electron chi connectivity index (χ0n) is 8.30. The van der Waals surface area contributed by atoms with Crippen LogP contribution in [0.2, 0.25) is 0 Å². The quantitative estimate of drug-likeness (QED) is 0.620. The molecule has 0 atom stereocenters. The first kappa shape index (κ1) is 9.72. The summed E-state index contributed by atoms with van der Waals surface area (Å²) >= 11 is 0. The monoisotopic (exact) mass is 173 g/mol. The lowest BCUT2D eigenvalue weighted by molar-refractivity contribution is 1.13. The van der Waals surface area contributed by atoms with Crippen molar-refractivity contribution >= 4 is 18.5 Å². The van der Waals surface area contributed by atoms with Crippen molar-refractivity contribution in [2.24, 2.45) is 4.99 Å². The molecule has 0 aliphatic heterocycles. The number of aliphatic imine (C=N–C) groups is 1. The fourth-order valence-electron chi connectivity index (χ4n) is 1.46. The van der Waals surface area contributed by atoms with Crippen molar-refractivity contribution < 1.29 is 0 Å². The van der Waals surface area contributed by atoms with Gasteiger partial charge in [-0.05, 0) is 37.3 Å². The van der Waals surface area contributed by atoms with Gasteiger partial charge in [0.15, 0.2) is 0 Å². The molecular formula is C12H15N. The first-order valence-corrected chi connectivity index (χ1v) is 4.45. The second-order valence-electron chi connectivity index (χ2n) is 3.07. The molecule has 68 valence electrons. The molecule has 0 amide bonds. The van der Waals surface area contributed by atoms with Crippen molar-refractivity contribution in [1.82, 2.24) is 0 Å². The van der Waals surface area contributed by atoms with E-state index in [9.17, 15) is 0 Å². The molecule has 0 heterocycles. The van der Waals surface area contributed by atoms with Crippen LogP contribution in [0.25, 0.3) is 6.08 Å². The summed E-state index contributed by atoms with van der Waals surface area (Å²) < 4.78 is 0. The molecule has 0 spiro atoms. The number of benzene rings is 1. The van der Waals surface area contributed by atoms with Crippen LogP contribution in [0.5, 0.6) is 0 Å². The maximum Gasteiger partial charge on any atom is 0.0723 e. The van der Waals surface area contributed by atoms with Gasteiger partial charge in [-0.2, -0.15) is 0 Å². The molecule has 1 aromatic carbocycles. The lowest BCUT2D eigenvalue weighted by Gasteiger charge is -2.07. The van der Waals surface area contributed by atoms with E-state index in [-0.39, 0.29) is 0 Å². The third-order valence-corrected chi connectivity index (χ3v) is 2.18. The SMILES string of the molecule is C=Cc1cc(CC)cc(C)c1N=C. The van der Waals surface area contributed by atoms with Gasteiger partial charge < -0.3 is 0 Å². The van der Waals surface area contributed by atoms with Gasteiger partial charge in [-0.25, -0.2) is 0 Å². The highest BCUT2D eigenvalue weighted by atomic mass is 14.7. The van der Waals surface area contributed by atoms with Crippen LogP contribution in [0, 0.1) is 6.92 Å². The van der Waals surface area contributed by atoms with Gasteiger partial charge in [0.2, 0.25) is 0 Å². The number of nitrogens with zero attached hydrogens (tertiary/aromatic N) is 1. The number of hydrogen-bond acceptors (Lipinski definition) is 1. The Morgan fingerprint density at radius 1 is 1.46 bits per heavy atom. The molecule has 0 unspecified atom stereocenters. The van der Waals surface area contributed by atoms with Gasteiger partial charge in [0.25, 0.3) is 0 Å². The second kappa shape index (κ2) is 4.04. The van der Waals surface area contributed by atoms with Gasteiger partial charge in [0.05, 0.1) is 5.69 Å². The van der Waals surface area contributed by atoms with E-state index in [1.165, 1.54) is 11.1 Å². The Kier molecular flexibility index (Phi) is 3.02. The maximum atomic E-state index is 4.00. The predicted molar refractivity (Wildman–Crippen MR) is 59.9 cm³/mol. The molecule has 0 saturated carbocycles. The molecule has 0 fully saturated rings. The third kappa shape index (κ3) is 1.86. The molecule has 1 aromatic rings. The van der Waals surface area contributed by atoms with Crippen LogP contribution in [-0.2, 0) is 6.42 Å². The largest absolute Gasteiger partial charge is 0.264 e. The zero-order chi connectivity index (χ0) is 9.84. The van der Waals surface area contributed by atoms with E-state index in [1.54, 1.807) is 0 Å². The fraction of sp³-hybridized carbons (Fsp3) is 0.250. The van der Waals surface area contributed by atoms with Gasteiger partial charge in [-0.15, -0.1) is 0 Å². The van der Waals surface area contributed by atoms with Crippen LogP contribution in [0.15, 0.2) is 23.7 Å². The predicted octanol–water partition coefficient (Wildman–Crippen LogP) is 3.53. The Labute approximate surface area is 79.8 Å². The van der Waals surface area contributed by atoms with Gasteiger partial charge in [0.1, 0.15) is 0 Å². The van der Waals surface area contributed by atoms with Gasteiger partial charge in [-0.1, -0.05) is 25.6 Å². The van der Waals surface area contributed by atoms with Crippen molar-refractivity contribution in [3.8, 4) is 0 Å². The minimum Gasteiger partial charge on any atom is -0.264 e. The standard InChI is InChI=1S/C12H15N/c1-5-10-7-9(3)12(13-4)11(6-2)8-10/h6-8H,2,4-5H2,1,3H3. The molecule has 0 aliphatic carbocycles. The van der Waals surface area contributed by atoms with Crippen molar-refractivity contribution in [3.05, 3.63) is 35.4 Å². The van der Waals surface area contributed by atoms with Crippen molar-refractivity contribution in [2.45, 2.75) is 20.3 Å². The molecule has 0 saturated heterocycles.